The first-order valence-electron chi connectivity index (χ1n) is 28.6. The largest absolute Gasteiger partial charge is 0.456 e. The topological polar surface area (TPSA) is 138 Å². The van der Waals surface area contributed by atoms with Gasteiger partial charge in [0.25, 0.3) is 0 Å². The standard InChI is InChI=1S/C46H36N2O3P2.C20H11ClN2O.C8H4Cl2N2/c1-52(2,49)33-25-32(26-34(28-33)53(3,4)50)36-24-23-35(37-11-5-6-12-38(36)37)29-17-19-30(20-18-29)46-47-42-15-9-7-14-41(42)45(48-46)31-21-22-40-39-13-8-10-16-43(39)51-44(40)27-31;21-20-22-16-7-3-1-6-15(16)19(23-20)12-9-10-14-13-5-2-4-8-17(13)24-18(14)11-12;9-7-5-3-1-2-4-6(5)11-8(10)12-7/h5-28H,1-4H3;1-11H;1-4H. The zero-order valence-corrected chi connectivity index (χ0v) is 52.4. The molecule has 0 aliphatic carbocycles. The molecule has 0 aliphatic rings. The number of hydrogen-bond acceptors (Lipinski definition) is 10. The summed E-state index contributed by atoms with van der Waals surface area (Å²) < 4.78 is 38.7. The zero-order valence-electron chi connectivity index (χ0n) is 48.4. The van der Waals surface area contributed by atoms with Crippen molar-refractivity contribution in [3.05, 3.63) is 252 Å². The van der Waals surface area contributed by atoms with Gasteiger partial charge in [0.05, 0.1) is 27.9 Å². The van der Waals surface area contributed by atoms with Crippen LogP contribution in [0.4, 0.5) is 0 Å². The van der Waals surface area contributed by atoms with E-state index >= 15 is 0 Å². The first-order valence-corrected chi connectivity index (χ1v) is 34.9. The highest BCUT2D eigenvalue weighted by Crippen LogP contribution is 2.44. The second-order valence-electron chi connectivity index (χ2n) is 22.4. The molecule has 0 bridgehead atoms. The molecule has 5 aromatic heterocycles. The minimum Gasteiger partial charge on any atom is -0.456 e. The van der Waals surface area contributed by atoms with Gasteiger partial charge in [0.1, 0.15) is 41.8 Å². The zero-order chi connectivity index (χ0) is 61.1. The Balaban J connectivity index is 0.000000156. The van der Waals surface area contributed by atoms with Gasteiger partial charge in [-0.05, 0) is 162 Å². The number of furan rings is 2. The maximum atomic E-state index is 13.2. The lowest BCUT2D eigenvalue weighted by Crippen LogP contribution is -2.14. The van der Waals surface area contributed by atoms with E-state index < -0.39 is 14.3 Å². The van der Waals surface area contributed by atoms with E-state index in [2.05, 4.69) is 123 Å². The Morgan fingerprint density at radius 1 is 0.303 bits per heavy atom. The van der Waals surface area contributed by atoms with Crippen LogP contribution in [0.2, 0.25) is 15.7 Å². The lowest BCUT2D eigenvalue weighted by molar-refractivity contribution is 0.588. The van der Waals surface area contributed by atoms with Gasteiger partial charge < -0.3 is 18.0 Å². The fourth-order valence-corrected chi connectivity index (χ4v) is 14.0. The molecule has 0 fully saturated rings. The van der Waals surface area contributed by atoms with Crippen molar-refractivity contribution < 1.29 is 18.0 Å². The third-order valence-electron chi connectivity index (χ3n) is 15.8. The fourth-order valence-electron chi connectivity index (χ4n) is 11.4. The van der Waals surface area contributed by atoms with Gasteiger partial charge in [0.15, 0.2) is 5.82 Å². The Bertz CT molecular complexity index is 5550. The van der Waals surface area contributed by atoms with E-state index in [4.69, 9.17) is 53.6 Å². The maximum Gasteiger partial charge on any atom is 0.224 e. The van der Waals surface area contributed by atoms with Crippen molar-refractivity contribution in [2.75, 3.05) is 26.7 Å². The van der Waals surface area contributed by atoms with E-state index in [0.29, 0.717) is 11.0 Å². The van der Waals surface area contributed by atoms with Crippen molar-refractivity contribution in [2.24, 2.45) is 0 Å². The molecule has 16 aromatic rings. The highest BCUT2D eigenvalue weighted by Gasteiger charge is 2.22. The summed E-state index contributed by atoms with van der Waals surface area (Å²) in [6.07, 6.45) is 0. The Morgan fingerprint density at radius 2 is 0.685 bits per heavy atom. The van der Waals surface area contributed by atoms with Gasteiger partial charge in [-0.1, -0.05) is 169 Å². The molecule has 11 aromatic carbocycles. The van der Waals surface area contributed by atoms with Crippen molar-refractivity contribution in [2.45, 2.75) is 0 Å². The number of hydrogen-bond donors (Lipinski definition) is 0. The van der Waals surface area contributed by atoms with Gasteiger partial charge in [-0.2, -0.15) is 0 Å². The molecule has 0 unspecified atom stereocenters. The minimum absolute atomic E-state index is 0.179. The maximum absolute atomic E-state index is 13.2. The first-order chi connectivity index (χ1) is 43.1. The predicted octanol–water partition coefficient (Wildman–Crippen LogP) is 20.6. The third-order valence-corrected chi connectivity index (χ3v) is 19.5. The molecule has 10 nitrogen and oxygen atoms in total. The summed E-state index contributed by atoms with van der Waals surface area (Å²) >= 11 is 17.6. The summed E-state index contributed by atoms with van der Waals surface area (Å²) in [7, 11) is -5.19. The van der Waals surface area contributed by atoms with Crippen molar-refractivity contribution >= 4 is 147 Å². The van der Waals surface area contributed by atoms with Crippen LogP contribution < -0.4 is 10.6 Å². The molecule has 0 N–H and O–H groups in total. The second-order valence-corrected chi connectivity index (χ2v) is 29.9. The van der Waals surface area contributed by atoms with Gasteiger partial charge in [-0.3, -0.25) is 0 Å². The molecule has 5 heterocycles. The quantitative estimate of drug-likeness (QED) is 0.0861. The van der Waals surface area contributed by atoms with Crippen LogP contribution in [0.15, 0.2) is 245 Å². The Kier molecular flexibility index (Phi) is 15.0. The first kappa shape index (κ1) is 57.4. The van der Waals surface area contributed by atoms with E-state index in [1.807, 2.05) is 133 Å². The van der Waals surface area contributed by atoms with Crippen LogP contribution >= 0.6 is 49.1 Å². The molecule has 0 saturated heterocycles. The molecule has 0 atom stereocenters. The minimum atomic E-state index is -2.60. The van der Waals surface area contributed by atoms with E-state index in [1.54, 1.807) is 26.7 Å². The van der Waals surface area contributed by atoms with Crippen LogP contribution in [0.25, 0.3) is 144 Å². The van der Waals surface area contributed by atoms with E-state index in [9.17, 15) is 9.13 Å². The smallest absolute Gasteiger partial charge is 0.224 e. The average molecular weight is 1260 g/mol. The Hall–Kier alpha value is -9.37. The van der Waals surface area contributed by atoms with Crippen molar-refractivity contribution in [1.29, 1.82) is 0 Å². The summed E-state index contributed by atoms with van der Waals surface area (Å²) in [5.41, 5.74) is 14.5. The molecule has 0 radical (unpaired) electrons. The molecule has 15 heteroatoms. The summed E-state index contributed by atoms with van der Waals surface area (Å²) in [4.78, 5) is 26.7. The van der Waals surface area contributed by atoms with E-state index in [0.717, 1.165) is 148 Å². The molecule has 0 amide bonds. The number of aromatic nitrogens is 6. The Labute approximate surface area is 526 Å². The highest BCUT2D eigenvalue weighted by molar-refractivity contribution is 7.71. The molecule has 89 heavy (non-hydrogen) atoms. The average Bonchev–Trinajstić information content (AvgIpc) is 2.70. The van der Waals surface area contributed by atoms with E-state index in [-0.39, 0.29) is 10.6 Å². The van der Waals surface area contributed by atoms with Crippen LogP contribution in [0.1, 0.15) is 0 Å². The molecule has 0 saturated carbocycles. The van der Waals surface area contributed by atoms with Gasteiger partial charge in [-0.15, -0.1) is 0 Å². The number of para-hydroxylation sites is 5. The van der Waals surface area contributed by atoms with Crippen LogP contribution in [-0.2, 0) is 9.13 Å². The van der Waals surface area contributed by atoms with Gasteiger partial charge in [-0.25, -0.2) is 29.9 Å². The van der Waals surface area contributed by atoms with Gasteiger partial charge in [0, 0.05) is 65.0 Å². The van der Waals surface area contributed by atoms with Crippen molar-refractivity contribution in [1.82, 2.24) is 29.9 Å². The molecule has 432 valence electrons. The summed E-state index contributed by atoms with van der Waals surface area (Å²) in [5, 5.41) is 11.6. The molecule has 0 aliphatic heterocycles. The molecule has 0 spiro atoms. The number of rotatable bonds is 7. The van der Waals surface area contributed by atoms with Crippen LogP contribution in [-0.4, -0.2) is 56.6 Å². The second kappa shape index (κ2) is 23.3. The molecule has 16 rings (SSSR count). The fraction of sp³-hybridized carbons (Fsp3) is 0.0541. The predicted molar refractivity (Wildman–Crippen MR) is 371 cm³/mol. The third kappa shape index (κ3) is 11.4. The summed E-state index contributed by atoms with van der Waals surface area (Å²) in [6.45, 7) is 7.06. The monoisotopic (exact) mass is 1250 g/mol. The van der Waals surface area contributed by atoms with Crippen LogP contribution in [0.3, 0.4) is 0 Å². The number of fused-ring (bicyclic) bond motifs is 10. The van der Waals surface area contributed by atoms with Crippen molar-refractivity contribution in [3.63, 3.8) is 0 Å². The summed E-state index contributed by atoms with van der Waals surface area (Å²) in [5.74, 6) is 0.652. The van der Waals surface area contributed by atoms with Crippen molar-refractivity contribution in [3.8, 4) is 56.2 Å². The SMILES string of the molecule is CP(C)(=O)c1cc(-c2ccc(-c3ccc(-c4nc(-c5ccc6c(c5)oc5ccccc56)c5ccccc5n4)cc3)c3ccccc23)cc(P(C)(C)=O)c1.Clc1nc(-c2ccc3c(c2)oc2ccccc23)c2ccccc2n1.Clc1nc(Cl)c2ccccc2n1. The molecular formula is C74H51Cl3N6O4P2. The van der Waals surface area contributed by atoms with Crippen LogP contribution in [0.5, 0.6) is 0 Å². The highest BCUT2D eigenvalue weighted by atomic mass is 35.5. The Morgan fingerprint density at radius 3 is 1.20 bits per heavy atom. The summed E-state index contributed by atoms with van der Waals surface area (Å²) in [6, 6.07) is 79.0. The van der Waals surface area contributed by atoms with E-state index in [1.165, 1.54) is 0 Å². The number of nitrogens with zero attached hydrogens (tertiary/aromatic N) is 6. The molecular weight excluding hydrogens is 1210 g/mol. The lowest BCUT2D eigenvalue weighted by atomic mass is 9.92. The normalized spacial score (nSPS) is 11.9. The van der Waals surface area contributed by atoms with Crippen LogP contribution in [0, 0.1) is 0 Å². The van der Waals surface area contributed by atoms with Gasteiger partial charge >= 0.3 is 0 Å². The van der Waals surface area contributed by atoms with Gasteiger partial charge in [0.2, 0.25) is 10.6 Å². The number of halogens is 3. The number of benzene rings is 11. The lowest BCUT2D eigenvalue weighted by Gasteiger charge is -2.17.